The number of piperazine rings is 1. The maximum atomic E-state index is 4.43. The molecule has 1 aliphatic heterocycles. The van der Waals surface area contributed by atoms with Crippen molar-refractivity contribution >= 4 is 0 Å². The summed E-state index contributed by atoms with van der Waals surface area (Å²) in [7, 11) is 0. The van der Waals surface area contributed by atoms with Gasteiger partial charge in [0, 0.05) is 45.1 Å². The molecule has 0 bridgehead atoms. The number of rotatable bonds is 4. The van der Waals surface area contributed by atoms with Gasteiger partial charge in [0.15, 0.2) is 0 Å². The Hall–Kier alpha value is -0.870. The fraction of sp³-hybridized carbons (Fsp3) is 0.727. The maximum Gasteiger partial charge on any atom is 0.122 e. The van der Waals surface area contributed by atoms with E-state index in [2.05, 4.69) is 32.9 Å². The summed E-state index contributed by atoms with van der Waals surface area (Å²) < 4.78 is 2.27. The van der Waals surface area contributed by atoms with E-state index < -0.39 is 0 Å². The number of aromatic nitrogens is 2. The first-order valence-corrected chi connectivity index (χ1v) is 5.83. The van der Waals surface area contributed by atoms with E-state index in [0.717, 1.165) is 39.3 Å². The molecule has 4 heteroatoms. The Kier molecular flexibility index (Phi) is 3.75. The predicted octanol–water partition coefficient (Wildman–Crippen LogP) is 0.698. The van der Waals surface area contributed by atoms with E-state index in [-0.39, 0.29) is 0 Å². The minimum atomic E-state index is 0.995. The maximum absolute atomic E-state index is 4.43. The van der Waals surface area contributed by atoms with Crippen molar-refractivity contribution < 1.29 is 0 Å². The summed E-state index contributed by atoms with van der Waals surface area (Å²) in [4.78, 5) is 6.89. The molecular weight excluding hydrogens is 188 g/mol. The molecule has 0 atom stereocenters. The highest BCUT2D eigenvalue weighted by molar-refractivity contribution is 4.92. The molecule has 0 spiro atoms. The molecule has 0 aliphatic carbocycles. The highest BCUT2D eigenvalue weighted by Gasteiger charge is 2.12. The molecule has 2 rings (SSSR count). The zero-order valence-electron chi connectivity index (χ0n) is 9.45. The van der Waals surface area contributed by atoms with Crippen LogP contribution in [0.25, 0.3) is 0 Å². The van der Waals surface area contributed by atoms with Crippen LogP contribution in [0, 0.1) is 0 Å². The third kappa shape index (κ3) is 2.79. The summed E-state index contributed by atoms with van der Waals surface area (Å²) in [5.41, 5.74) is 0. The first-order chi connectivity index (χ1) is 7.40. The second-order valence-corrected chi connectivity index (χ2v) is 4.06. The van der Waals surface area contributed by atoms with Gasteiger partial charge in [0.05, 0.1) is 6.54 Å². The molecule has 1 aromatic rings. The van der Waals surface area contributed by atoms with Gasteiger partial charge in [-0.3, -0.25) is 4.90 Å². The number of aryl methyl sites for hydroxylation is 1. The van der Waals surface area contributed by atoms with Crippen molar-refractivity contribution in [1.29, 1.82) is 0 Å². The third-order valence-corrected chi connectivity index (χ3v) is 2.84. The van der Waals surface area contributed by atoms with E-state index in [9.17, 15) is 0 Å². The Bertz CT molecular complexity index is 289. The first-order valence-electron chi connectivity index (χ1n) is 5.83. The van der Waals surface area contributed by atoms with Crippen LogP contribution in [-0.2, 0) is 13.1 Å². The summed E-state index contributed by atoms with van der Waals surface area (Å²) in [6.07, 6.45) is 5.17. The number of imidazole rings is 1. The summed E-state index contributed by atoms with van der Waals surface area (Å²) >= 11 is 0. The lowest BCUT2D eigenvalue weighted by Crippen LogP contribution is -2.43. The second kappa shape index (κ2) is 5.28. The lowest BCUT2D eigenvalue weighted by Gasteiger charge is -2.26. The van der Waals surface area contributed by atoms with Gasteiger partial charge in [-0.1, -0.05) is 6.92 Å². The fourth-order valence-corrected chi connectivity index (χ4v) is 2.01. The smallest absolute Gasteiger partial charge is 0.122 e. The van der Waals surface area contributed by atoms with E-state index in [0.29, 0.717) is 0 Å². The molecule has 15 heavy (non-hydrogen) atoms. The van der Waals surface area contributed by atoms with Gasteiger partial charge in [-0.15, -0.1) is 0 Å². The van der Waals surface area contributed by atoms with Crippen LogP contribution in [-0.4, -0.2) is 40.6 Å². The largest absolute Gasteiger partial charge is 0.334 e. The Morgan fingerprint density at radius 1 is 1.40 bits per heavy atom. The monoisotopic (exact) mass is 208 g/mol. The highest BCUT2D eigenvalue weighted by Crippen LogP contribution is 2.04. The van der Waals surface area contributed by atoms with Crippen molar-refractivity contribution in [2.45, 2.75) is 26.4 Å². The average Bonchev–Trinajstić information content (AvgIpc) is 2.68. The van der Waals surface area contributed by atoms with Crippen LogP contribution in [0.1, 0.15) is 19.2 Å². The molecule has 1 aliphatic rings. The quantitative estimate of drug-likeness (QED) is 0.790. The lowest BCUT2D eigenvalue weighted by molar-refractivity contribution is 0.225. The SMILES string of the molecule is CCCn1ccnc1CN1CCNCC1. The van der Waals surface area contributed by atoms with Crippen molar-refractivity contribution in [3.05, 3.63) is 18.2 Å². The molecular formula is C11H20N4. The molecule has 2 heterocycles. The van der Waals surface area contributed by atoms with Crippen LogP contribution in [0.15, 0.2) is 12.4 Å². The molecule has 0 saturated carbocycles. The van der Waals surface area contributed by atoms with Crippen LogP contribution < -0.4 is 5.32 Å². The van der Waals surface area contributed by atoms with Gasteiger partial charge in [-0.2, -0.15) is 0 Å². The van der Waals surface area contributed by atoms with Crippen LogP contribution in [0.2, 0.25) is 0 Å². The molecule has 4 nitrogen and oxygen atoms in total. The van der Waals surface area contributed by atoms with Gasteiger partial charge in [-0.05, 0) is 6.42 Å². The van der Waals surface area contributed by atoms with E-state index in [4.69, 9.17) is 0 Å². The van der Waals surface area contributed by atoms with Crippen molar-refractivity contribution in [3.8, 4) is 0 Å². The third-order valence-electron chi connectivity index (χ3n) is 2.84. The zero-order valence-corrected chi connectivity index (χ0v) is 9.45. The zero-order chi connectivity index (χ0) is 10.5. The standard InChI is InChI=1S/C11H20N4/c1-2-6-15-9-5-13-11(15)10-14-7-3-12-4-8-14/h5,9,12H,2-4,6-8,10H2,1H3. The highest BCUT2D eigenvalue weighted by atomic mass is 15.2. The Morgan fingerprint density at radius 2 is 2.20 bits per heavy atom. The van der Waals surface area contributed by atoms with Gasteiger partial charge in [0.1, 0.15) is 5.82 Å². The van der Waals surface area contributed by atoms with E-state index in [1.54, 1.807) is 0 Å². The Balaban J connectivity index is 1.93. The topological polar surface area (TPSA) is 33.1 Å². The summed E-state index contributed by atoms with van der Waals surface area (Å²) in [6.45, 7) is 8.77. The van der Waals surface area contributed by atoms with E-state index >= 15 is 0 Å². The summed E-state index contributed by atoms with van der Waals surface area (Å²) in [6, 6.07) is 0. The first kappa shape index (κ1) is 10.6. The van der Waals surface area contributed by atoms with Crippen molar-refractivity contribution in [2.75, 3.05) is 26.2 Å². The van der Waals surface area contributed by atoms with E-state index in [1.165, 1.54) is 12.2 Å². The van der Waals surface area contributed by atoms with Gasteiger partial charge in [0.25, 0.3) is 0 Å². The lowest BCUT2D eigenvalue weighted by atomic mass is 10.3. The Morgan fingerprint density at radius 3 is 2.93 bits per heavy atom. The van der Waals surface area contributed by atoms with Crippen LogP contribution >= 0.6 is 0 Å². The van der Waals surface area contributed by atoms with Crippen molar-refractivity contribution in [2.24, 2.45) is 0 Å². The van der Waals surface area contributed by atoms with Gasteiger partial charge >= 0.3 is 0 Å². The Labute approximate surface area is 91.3 Å². The fourth-order valence-electron chi connectivity index (χ4n) is 2.01. The van der Waals surface area contributed by atoms with Crippen LogP contribution in [0.4, 0.5) is 0 Å². The van der Waals surface area contributed by atoms with Gasteiger partial charge in [0.2, 0.25) is 0 Å². The molecule has 1 aromatic heterocycles. The van der Waals surface area contributed by atoms with E-state index in [1.807, 2.05) is 6.20 Å². The normalized spacial score (nSPS) is 18.2. The summed E-state index contributed by atoms with van der Waals surface area (Å²) in [5.74, 6) is 1.21. The number of hydrogen-bond acceptors (Lipinski definition) is 3. The van der Waals surface area contributed by atoms with Crippen molar-refractivity contribution in [3.63, 3.8) is 0 Å². The van der Waals surface area contributed by atoms with Crippen LogP contribution in [0.5, 0.6) is 0 Å². The number of hydrogen-bond donors (Lipinski definition) is 1. The minimum Gasteiger partial charge on any atom is -0.334 e. The molecule has 0 aromatic carbocycles. The molecule has 0 radical (unpaired) electrons. The number of nitrogens with zero attached hydrogens (tertiary/aromatic N) is 3. The van der Waals surface area contributed by atoms with Gasteiger partial charge < -0.3 is 9.88 Å². The summed E-state index contributed by atoms with van der Waals surface area (Å²) in [5, 5.41) is 3.37. The minimum absolute atomic E-state index is 0.995. The average molecular weight is 208 g/mol. The number of nitrogens with one attached hydrogen (secondary N) is 1. The molecule has 1 N–H and O–H groups in total. The molecule has 84 valence electrons. The van der Waals surface area contributed by atoms with Crippen molar-refractivity contribution in [1.82, 2.24) is 19.8 Å². The molecule has 1 fully saturated rings. The molecule has 0 unspecified atom stereocenters. The van der Waals surface area contributed by atoms with Crippen LogP contribution in [0.3, 0.4) is 0 Å². The predicted molar refractivity (Wildman–Crippen MR) is 60.7 cm³/mol. The van der Waals surface area contributed by atoms with Gasteiger partial charge in [-0.25, -0.2) is 4.98 Å². The molecule has 1 saturated heterocycles. The molecule has 0 amide bonds. The second-order valence-electron chi connectivity index (χ2n) is 4.06.